The molecule has 0 aliphatic carbocycles. The molecule has 12 heavy (non-hydrogen) atoms. The SMILES string of the molecule is CC(C)(c1ccccc1)C(Br)Br. The van der Waals surface area contributed by atoms with E-state index in [1.165, 1.54) is 5.56 Å². The van der Waals surface area contributed by atoms with Crippen molar-refractivity contribution in [2.24, 2.45) is 0 Å². The van der Waals surface area contributed by atoms with Crippen LogP contribution in [0.1, 0.15) is 19.4 Å². The van der Waals surface area contributed by atoms with Crippen molar-refractivity contribution in [2.75, 3.05) is 0 Å². The summed E-state index contributed by atoms with van der Waals surface area (Å²) in [6, 6.07) is 10.5. The normalized spacial score (nSPS) is 12.1. The molecule has 0 amide bonds. The molecular weight excluding hydrogens is 280 g/mol. The molecule has 0 aliphatic heterocycles. The van der Waals surface area contributed by atoms with Gasteiger partial charge in [-0.3, -0.25) is 0 Å². The lowest BCUT2D eigenvalue weighted by Gasteiger charge is -2.26. The van der Waals surface area contributed by atoms with E-state index in [0.29, 0.717) is 3.74 Å². The Morgan fingerprint density at radius 2 is 1.58 bits per heavy atom. The second-order valence-corrected chi connectivity index (χ2v) is 6.45. The number of hydrogen-bond acceptors (Lipinski definition) is 0. The van der Waals surface area contributed by atoms with Crippen LogP contribution in [0, 0.1) is 0 Å². The van der Waals surface area contributed by atoms with E-state index in [4.69, 9.17) is 0 Å². The third-order valence-electron chi connectivity index (χ3n) is 2.06. The molecule has 2 heteroatoms. The van der Waals surface area contributed by atoms with Crippen LogP contribution in [0.15, 0.2) is 30.3 Å². The summed E-state index contributed by atoms with van der Waals surface area (Å²) in [7, 11) is 0. The van der Waals surface area contributed by atoms with Gasteiger partial charge in [-0.2, -0.15) is 0 Å². The summed E-state index contributed by atoms with van der Waals surface area (Å²) in [6.07, 6.45) is 0. The first-order valence-electron chi connectivity index (χ1n) is 3.89. The van der Waals surface area contributed by atoms with Gasteiger partial charge >= 0.3 is 0 Å². The van der Waals surface area contributed by atoms with E-state index in [9.17, 15) is 0 Å². The Morgan fingerprint density at radius 3 is 2.00 bits per heavy atom. The van der Waals surface area contributed by atoms with Crippen LogP contribution in [-0.4, -0.2) is 3.74 Å². The Morgan fingerprint density at radius 1 is 1.08 bits per heavy atom. The fourth-order valence-corrected chi connectivity index (χ4v) is 1.52. The van der Waals surface area contributed by atoms with Crippen LogP contribution in [0.5, 0.6) is 0 Å². The number of benzene rings is 1. The highest BCUT2D eigenvalue weighted by Crippen LogP contribution is 2.34. The summed E-state index contributed by atoms with van der Waals surface area (Å²) in [4.78, 5) is 0. The van der Waals surface area contributed by atoms with Gasteiger partial charge in [0.1, 0.15) is 0 Å². The molecule has 0 unspecified atom stereocenters. The highest BCUT2D eigenvalue weighted by Gasteiger charge is 2.26. The molecule has 0 fully saturated rings. The van der Waals surface area contributed by atoms with Crippen molar-refractivity contribution in [3.05, 3.63) is 35.9 Å². The Labute approximate surface area is 90.6 Å². The summed E-state index contributed by atoms with van der Waals surface area (Å²) >= 11 is 7.10. The monoisotopic (exact) mass is 290 g/mol. The van der Waals surface area contributed by atoms with Crippen molar-refractivity contribution >= 4 is 31.9 Å². The summed E-state index contributed by atoms with van der Waals surface area (Å²) in [5, 5.41) is 0. The van der Waals surface area contributed by atoms with Crippen molar-refractivity contribution in [2.45, 2.75) is 23.0 Å². The van der Waals surface area contributed by atoms with Crippen molar-refractivity contribution < 1.29 is 0 Å². The lowest BCUT2D eigenvalue weighted by molar-refractivity contribution is 0.588. The van der Waals surface area contributed by atoms with Crippen LogP contribution < -0.4 is 0 Å². The first-order valence-corrected chi connectivity index (χ1v) is 5.72. The summed E-state index contributed by atoms with van der Waals surface area (Å²) in [6.45, 7) is 4.41. The Kier molecular flexibility index (Phi) is 3.36. The van der Waals surface area contributed by atoms with E-state index < -0.39 is 0 Å². The van der Waals surface area contributed by atoms with Crippen molar-refractivity contribution in [3.63, 3.8) is 0 Å². The zero-order valence-electron chi connectivity index (χ0n) is 7.22. The van der Waals surface area contributed by atoms with E-state index in [1.54, 1.807) is 0 Å². The maximum atomic E-state index is 3.55. The Bertz CT molecular complexity index is 239. The first kappa shape index (κ1) is 10.3. The van der Waals surface area contributed by atoms with Gasteiger partial charge in [-0.1, -0.05) is 76.0 Å². The van der Waals surface area contributed by atoms with Gasteiger partial charge in [0.25, 0.3) is 0 Å². The number of rotatable bonds is 2. The third-order valence-corrected chi connectivity index (χ3v) is 4.35. The molecule has 0 heterocycles. The smallest absolute Gasteiger partial charge is 0.0755 e. The highest BCUT2D eigenvalue weighted by molar-refractivity contribution is 9.24. The molecule has 0 aromatic heterocycles. The van der Waals surface area contributed by atoms with E-state index in [2.05, 4.69) is 70.0 Å². The molecule has 1 aromatic rings. The largest absolute Gasteiger partial charge is 0.0788 e. The van der Waals surface area contributed by atoms with Crippen LogP contribution in [0.2, 0.25) is 0 Å². The molecular formula is C10H12Br2. The highest BCUT2D eigenvalue weighted by atomic mass is 79.9. The standard InChI is InChI=1S/C10H12Br2/c1-10(2,9(11)12)8-6-4-3-5-7-8/h3-7,9H,1-2H3. The third kappa shape index (κ3) is 2.11. The van der Waals surface area contributed by atoms with Gasteiger partial charge in [-0.25, -0.2) is 0 Å². The van der Waals surface area contributed by atoms with Gasteiger partial charge in [0.15, 0.2) is 0 Å². The fourth-order valence-electron chi connectivity index (χ4n) is 0.994. The predicted octanol–water partition coefficient (Wildman–Crippen LogP) is 4.08. The molecule has 0 saturated carbocycles. The minimum atomic E-state index is 0.126. The van der Waals surface area contributed by atoms with Crippen molar-refractivity contribution in [1.29, 1.82) is 0 Å². The Balaban J connectivity index is 2.98. The average molecular weight is 292 g/mol. The molecule has 0 saturated heterocycles. The maximum absolute atomic E-state index is 3.55. The second kappa shape index (κ2) is 3.93. The topological polar surface area (TPSA) is 0 Å². The predicted molar refractivity (Wildman–Crippen MR) is 61.1 cm³/mol. The fraction of sp³-hybridized carbons (Fsp3) is 0.400. The minimum absolute atomic E-state index is 0.126. The van der Waals surface area contributed by atoms with E-state index >= 15 is 0 Å². The van der Waals surface area contributed by atoms with E-state index in [0.717, 1.165) is 0 Å². The zero-order chi connectivity index (χ0) is 9.19. The zero-order valence-corrected chi connectivity index (χ0v) is 10.4. The van der Waals surface area contributed by atoms with E-state index in [1.807, 2.05) is 6.07 Å². The summed E-state index contributed by atoms with van der Waals surface area (Å²) in [5.41, 5.74) is 1.46. The number of alkyl halides is 2. The summed E-state index contributed by atoms with van der Waals surface area (Å²) in [5.74, 6) is 0. The quantitative estimate of drug-likeness (QED) is 0.720. The number of halogens is 2. The van der Waals surface area contributed by atoms with Crippen LogP contribution in [0.4, 0.5) is 0 Å². The van der Waals surface area contributed by atoms with Gasteiger partial charge in [0.2, 0.25) is 0 Å². The molecule has 0 radical (unpaired) electrons. The lowest BCUT2D eigenvalue weighted by atomic mass is 9.87. The van der Waals surface area contributed by atoms with Gasteiger partial charge in [0, 0.05) is 5.41 Å². The maximum Gasteiger partial charge on any atom is 0.0788 e. The molecule has 0 N–H and O–H groups in total. The molecule has 0 bridgehead atoms. The van der Waals surface area contributed by atoms with Crippen LogP contribution in [0.3, 0.4) is 0 Å². The van der Waals surface area contributed by atoms with Crippen molar-refractivity contribution in [3.8, 4) is 0 Å². The first-order chi connectivity index (χ1) is 5.55. The van der Waals surface area contributed by atoms with Gasteiger partial charge in [0.05, 0.1) is 3.74 Å². The van der Waals surface area contributed by atoms with Crippen LogP contribution >= 0.6 is 31.9 Å². The summed E-state index contributed by atoms with van der Waals surface area (Å²) < 4.78 is 0.305. The van der Waals surface area contributed by atoms with Crippen molar-refractivity contribution in [1.82, 2.24) is 0 Å². The molecule has 0 atom stereocenters. The van der Waals surface area contributed by atoms with Gasteiger partial charge in [-0.15, -0.1) is 0 Å². The molecule has 0 aliphatic rings. The average Bonchev–Trinajstić information content (AvgIpc) is 2.06. The molecule has 1 rings (SSSR count). The van der Waals surface area contributed by atoms with Crippen LogP contribution in [0.25, 0.3) is 0 Å². The van der Waals surface area contributed by atoms with Crippen LogP contribution in [-0.2, 0) is 5.41 Å². The molecule has 1 aromatic carbocycles. The minimum Gasteiger partial charge on any atom is -0.0755 e. The molecule has 0 spiro atoms. The molecule has 0 nitrogen and oxygen atoms in total. The Hall–Kier alpha value is 0.180. The van der Waals surface area contributed by atoms with E-state index in [-0.39, 0.29) is 5.41 Å². The molecule has 66 valence electrons. The van der Waals surface area contributed by atoms with Gasteiger partial charge < -0.3 is 0 Å². The van der Waals surface area contributed by atoms with Gasteiger partial charge in [-0.05, 0) is 5.56 Å². The number of hydrogen-bond donors (Lipinski definition) is 0. The second-order valence-electron chi connectivity index (χ2n) is 3.39. The lowest BCUT2D eigenvalue weighted by Crippen LogP contribution is -2.24.